The molecular weight excluding hydrogens is 296 g/mol. The lowest BCUT2D eigenvalue weighted by Crippen LogP contribution is -2.26. The summed E-state index contributed by atoms with van der Waals surface area (Å²) < 4.78 is 2.21. The smallest absolute Gasteiger partial charge is 0.100 e. The van der Waals surface area contributed by atoms with E-state index in [4.69, 9.17) is 5.73 Å². The standard InChI is InChI=1S/C20H28N4/c1-7-18-19(23(6)16(3)22(4)5)14-24(12-11-21)20(18)17-10-8-9-15(2)13-17/h7-10,13-14H,1,3,11-12,21H2,2,4-6H3. The summed E-state index contributed by atoms with van der Waals surface area (Å²) >= 11 is 0. The van der Waals surface area contributed by atoms with E-state index in [0.717, 1.165) is 29.3 Å². The molecule has 0 amide bonds. The zero-order valence-electron chi connectivity index (χ0n) is 15.2. The Kier molecular flexibility index (Phi) is 5.52. The molecule has 0 aliphatic heterocycles. The van der Waals surface area contributed by atoms with E-state index in [2.05, 4.69) is 60.0 Å². The van der Waals surface area contributed by atoms with Crippen molar-refractivity contribution in [1.82, 2.24) is 9.47 Å². The number of benzene rings is 1. The quantitative estimate of drug-likeness (QED) is 0.846. The summed E-state index contributed by atoms with van der Waals surface area (Å²) in [6.07, 6.45) is 4.05. The third-order valence-electron chi connectivity index (χ3n) is 4.23. The molecule has 128 valence electrons. The second-order valence-electron chi connectivity index (χ2n) is 6.20. The van der Waals surface area contributed by atoms with Gasteiger partial charge in [0.05, 0.1) is 11.4 Å². The maximum Gasteiger partial charge on any atom is 0.100 e. The van der Waals surface area contributed by atoms with Gasteiger partial charge in [-0.25, -0.2) is 0 Å². The summed E-state index contributed by atoms with van der Waals surface area (Å²) in [6, 6.07) is 8.51. The van der Waals surface area contributed by atoms with E-state index < -0.39 is 0 Å². The van der Waals surface area contributed by atoms with Crippen LogP contribution in [-0.4, -0.2) is 37.2 Å². The van der Waals surface area contributed by atoms with Crippen molar-refractivity contribution < 1.29 is 0 Å². The molecule has 0 spiro atoms. The third kappa shape index (κ3) is 3.39. The zero-order chi connectivity index (χ0) is 17.9. The summed E-state index contributed by atoms with van der Waals surface area (Å²) in [6.45, 7) is 11.7. The molecule has 0 unspecified atom stereocenters. The molecule has 0 atom stereocenters. The highest BCUT2D eigenvalue weighted by molar-refractivity contribution is 5.83. The van der Waals surface area contributed by atoms with Gasteiger partial charge in [-0.1, -0.05) is 43.0 Å². The Labute approximate surface area is 145 Å². The van der Waals surface area contributed by atoms with Crippen LogP contribution in [0.4, 0.5) is 5.69 Å². The second-order valence-corrected chi connectivity index (χ2v) is 6.20. The number of hydrogen-bond donors (Lipinski definition) is 1. The molecule has 1 aromatic carbocycles. The Morgan fingerprint density at radius 3 is 2.54 bits per heavy atom. The molecule has 0 bridgehead atoms. The van der Waals surface area contributed by atoms with E-state index in [1.807, 2.05) is 32.1 Å². The van der Waals surface area contributed by atoms with E-state index in [9.17, 15) is 0 Å². The molecule has 1 heterocycles. The lowest BCUT2D eigenvalue weighted by atomic mass is 10.0. The fourth-order valence-electron chi connectivity index (χ4n) is 2.89. The van der Waals surface area contributed by atoms with E-state index in [0.29, 0.717) is 6.54 Å². The Morgan fingerprint density at radius 1 is 1.29 bits per heavy atom. The molecule has 2 aromatic rings. The summed E-state index contributed by atoms with van der Waals surface area (Å²) in [5.74, 6) is 0.916. The third-order valence-corrected chi connectivity index (χ3v) is 4.23. The van der Waals surface area contributed by atoms with Gasteiger partial charge in [0.2, 0.25) is 0 Å². The number of nitrogens with zero attached hydrogens (tertiary/aromatic N) is 3. The number of hydrogen-bond acceptors (Lipinski definition) is 3. The molecule has 2 rings (SSSR count). The molecule has 24 heavy (non-hydrogen) atoms. The molecule has 0 aliphatic carbocycles. The lowest BCUT2D eigenvalue weighted by Gasteiger charge is -2.27. The Balaban J connectivity index is 2.65. The summed E-state index contributed by atoms with van der Waals surface area (Å²) in [4.78, 5) is 4.09. The summed E-state index contributed by atoms with van der Waals surface area (Å²) in [7, 11) is 6.01. The Bertz CT molecular complexity index is 740. The first-order chi connectivity index (χ1) is 11.4. The molecule has 0 radical (unpaired) electrons. The molecule has 2 N–H and O–H groups in total. The molecule has 0 fully saturated rings. The van der Waals surface area contributed by atoms with Gasteiger partial charge in [-0.05, 0) is 18.6 Å². The predicted octanol–water partition coefficient (Wildman–Crippen LogP) is 3.53. The highest BCUT2D eigenvalue weighted by Crippen LogP contribution is 2.36. The average molecular weight is 324 g/mol. The van der Waals surface area contributed by atoms with Gasteiger partial charge in [-0.2, -0.15) is 0 Å². The Morgan fingerprint density at radius 2 is 2.00 bits per heavy atom. The predicted molar refractivity (Wildman–Crippen MR) is 105 cm³/mol. The lowest BCUT2D eigenvalue weighted by molar-refractivity contribution is 0.499. The molecule has 0 saturated carbocycles. The topological polar surface area (TPSA) is 37.4 Å². The molecule has 0 saturated heterocycles. The first-order valence-corrected chi connectivity index (χ1v) is 8.13. The maximum atomic E-state index is 5.84. The van der Waals surface area contributed by atoms with Crippen molar-refractivity contribution >= 4 is 11.8 Å². The minimum Gasteiger partial charge on any atom is -0.365 e. The number of aromatic nitrogens is 1. The average Bonchev–Trinajstić information content (AvgIpc) is 2.92. The molecule has 0 aliphatic rings. The van der Waals surface area contributed by atoms with Crippen LogP contribution in [0.2, 0.25) is 0 Å². The van der Waals surface area contributed by atoms with E-state index in [-0.39, 0.29) is 0 Å². The fraction of sp³-hybridized carbons (Fsp3) is 0.300. The van der Waals surface area contributed by atoms with E-state index >= 15 is 0 Å². The molecule has 1 aromatic heterocycles. The van der Waals surface area contributed by atoms with Crippen LogP contribution in [0, 0.1) is 6.92 Å². The van der Waals surface area contributed by atoms with Crippen LogP contribution < -0.4 is 10.6 Å². The van der Waals surface area contributed by atoms with E-state index in [1.54, 1.807) is 0 Å². The monoisotopic (exact) mass is 324 g/mol. The van der Waals surface area contributed by atoms with Gasteiger partial charge in [0.15, 0.2) is 0 Å². The first-order valence-electron chi connectivity index (χ1n) is 8.13. The zero-order valence-corrected chi connectivity index (χ0v) is 15.2. The van der Waals surface area contributed by atoms with Gasteiger partial charge < -0.3 is 20.1 Å². The highest BCUT2D eigenvalue weighted by atomic mass is 15.3. The highest BCUT2D eigenvalue weighted by Gasteiger charge is 2.19. The molecule has 4 heteroatoms. The van der Waals surface area contributed by atoms with Crippen molar-refractivity contribution in [3.8, 4) is 11.3 Å². The van der Waals surface area contributed by atoms with Gasteiger partial charge in [-0.15, -0.1) is 0 Å². The minimum atomic E-state index is 0.585. The van der Waals surface area contributed by atoms with Gasteiger partial charge >= 0.3 is 0 Å². The number of rotatable bonds is 7. The van der Waals surface area contributed by atoms with Crippen molar-refractivity contribution in [3.63, 3.8) is 0 Å². The number of aryl methyl sites for hydroxylation is 1. The van der Waals surface area contributed by atoms with Crippen LogP contribution in [0.5, 0.6) is 0 Å². The SMILES string of the molecule is C=Cc1c(N(C)C(=C)N(C)C)cn(CCN)c1-c1cccc(C)c1. The second kappa shape index (κ2) is 7.41. The normalized spacial score (nSPS) is 10.5. The van der Waals surface area contributed by atoms with Crippen molar-refractivity contribution in [1.29, 1.82) is 0 Å². The number of anilines is 1. The van der Waals surface area contributed by atoms with Crippen molar-refractivity contribution in [2.24, 2.45) is 5.73 Å². The van der Waals surface area contributed by atoms with Gasteiger partial charge in [0.25, 0.3) is 0 Å². The van der Waals surface area contributed by atoms with Gasteiger partial charge in [0.1, 0.15) is 5.82 Å². The fourth-order valence-corrected chi connectivity index (χ4v) is 2.89. The van der Waals surface area contributed by atoms with Crippen molar-refractivity contribution in [3.05, 3.63) is 60.6 Å². The van der Waals surface area contributed by atoms with Crippen LogP contribution >= 0.6 is 0 Å². The largest absolute Gasteiger partial charge is 0.365 e. The van der Waals surface area contributed by atoms with Gasteiger partial charge in [0, 0.05) is 46.0 Å². The minimum absolute atomic E-state index is 0.585. The van der Waals surface area contributed by atoms with Crippen LogP contribution in [-0.2, 0) is 6.54 Å². The first kappa shape index (κ1) is 17.9. The molecular formula is C20H28N4. The van der Waals surface area contributed by atoms with Crippen LogP contribution in [0.3, 0.4) is 0 Å². The van der Waals surface area contributed by atoms with Crippen LogP contribution in [0.1, 0.15) is 11.1 Å². The van der Waals surface area contributed by atoms with Crippen LogP contribution in [0.25, 0.3) is 17.3 Å². The summed E-state index contributed by atoms with van der Waals surface area (Å²) in [5.41, 5.74) is 11.6. The number of nitrogens with two attached hydrogens (primary N) is 1. The molecule has 4 nitrogen and oxygen atoms in total. The van der Waals surface area contributed by atoms with Gasteiger partial charge in [-0.3, -0.25) is 0 Å². The Hall–Kier alpha value is -2.46. The van der Waals surface area contributed by atoms with Crippen molar-refractivity contribution in [2.45, 2.75) is 13.5 Å². The maximum absolute atomic E-state index is 5.84. The van der Waals surface area contributed by atoms with E-state index in [1.165, 1.54) is 11.1 Å². The summed E-state index contributed by atoms with van der Waals surface area (Å²) in [5, 5.41) is 0. The van der Waals surface area contributed by atoms with Crippen LogP contribution in [0.15, 0.2) is 49.4 Å². The van der Waals surface area contributed by atoms with Crippen molar-refractivity contribution in [2.75, 3.05) is 32.6 Å².